The van der Waals surface area contributed by atoms with Gasteiger partial charge in [0.25, 0.3) is 5.91 Å². The highest BCUT2D eigenvalue weighted by Gasteiger charge is 2.56. The zero-order valence-corrected chi connectivity index (χ0v) is 20.9. The van der Waals surface area contributed by atoms with Crippen molar-refractivity contribution in [1.29, 1.82) is 10.7 Å². The van der Waals surface area contributed by atoms with Crippen molar-refractivity contribution in [3.63, 3.8) is 0 Å². The summed E-state index contributed by atoms with van der Waals surface area (Å²) in [7, 11) is 1.57. The van der Waals surface area contributed by atoms with Crippen LogP contribution in [0.25, 0.3) is 5.57 Å². The molecule has 0 radical (unpaired) electrons. The third-order valence-corrected chi connectivity index (χ3v) is 6.87. The highest BCUT2D eigenvalue weighted by atomic mass is 19.4. The highest BCUT2D eigenvalue weighted by Crippen LogP contribution is 2.51. The van der Waals surface area contributed by atoms with Crippen LogP contribution in [0.1, 0.15) is 52.1 Å². The summed E-state index contributed by atoms with van der Waals surface area (Å²) in [4.78, 5) is 31.9. The van der Waals surface area contributed by atoms with E-state index in [4.69, 9.17) is 5.41 Å². The van der Waals surface area contributed by atoms with Crippen LogP contribution in [0.2, 0.25) is 0 Å². The predicted molar refractivity (Wildman–Crippen MR) is 135 cm³/mol. The van der Waals surface area contributed by atoms with Gasteiger partial charge in [0.1, 0.15) is 11.1 Å². The van der Waals surface area contributed by atoms with Crippen LogP contribution in [0.3, 0.4) is 0 Å². The van der Waals surface area contributed by atoms with E-state index >= 15 is 0 Å². The van der Waals surface area contributed by atoms with E-state index in [9.17, 15) is 28.0 Å². The average Bonchev–Trinajstić information content (AvgIpc) is 3.68. The number of amides is 2. The van der Waals surface area contributed by atoms with Crippen molar-refractivity contribution in [2.24, 2.45) is 11.3 Å². The third kappa shape index (κ3) is 5.25. The smallest absolute Gasteiger partial charge is 0.393 e. The van der Waals surface area contributed by atoms with E-state index in [1.807, 2.05) is 0 Å². The van der Waals surface area contributed by atoms with Crippen molar-refractivity contribution in [1.82, 2.24) is 15.6 Å². The molecule has 1 aliphatic heterocycles. The second kappa shape index (κ2) is 10.3. The molecule has 198 valence electrons. The number of nitrogens with zero attached hydrogens (tertiary/aromatic N) is 3. The summed E-state index contributed by atoms with van der Waals surface area (Å²) >= 11 is 0. The molecule has 1 atom stereocenters. The van der Waals surface area contributed by atoms with Gasteiger partial charge in [-0.1, -0.05) is 0 Å². The van der Waals surface area contributed by atoms with Gasteiger partial charge in [-0.05, 0) is 73.6 Å². The van der Waals surface area contributed by atoms with E-state index < -0.39 is 23.1 Å². The molecule has 2 aliphatic rings. The van der Waals surface area contributed by atoms with Gasteiger partial charge in [-0.25, -0.2) is 4.98 Å². The van der Waals surface area contributed by atoms with Gasteiger partial charge in [-0.2, -0.15) is 18.4 Å². The van der Waals surface area contributed by atoms with Crippen molar-refractivity contribution in [3.8, 4) is 6.07 Å². The van der Waals surface area contributed by atoms with Gasteiger partial charge in [-0.3, -0.25) is 9.59 Å². The van der Waals surface area contributed by atoms with Crippen molar-refractivity contribution >= 4 is 29.3 Å². The molecule has 0 bridgehead atoms. The van der Waals surface area contributed by atoms with Gasteiger partial charge in [0.05, 0.1) is 11.6 Å². The summed E-state index contributed by atoms with van der Waals surface area (Å²) in [6, 6.07) is 8.73. The molecule has 2 heterocycles. The maximum atomic E-state index is 13.5. The number of pyridine rings is 1. The maximum absolute atomic E-state index is 13.5. The Kier molecular flexibility index (Phi) is 7.26. The number of benzene rings is 1. The third-order valence-electron chi connectivity index (χ3n) is 6.87. The number of carbonyl (C=O) groups excluding carboxylic acids is 2. The first-order chi connectivity index (χ1) is 18.0. The first-order valence-corrected chi connectivity index (χ1v) is 12.1. The molecule has 1 aromatic carbocycles. The van der Waals surface area contributed by atoms with Crippen molar-refractivity contribution in [3.05, 3.63) is 64.6 Å². The topological polar surface area (TPSA) is 122 Å². The van der Waals surface area contributed by atoms with Gasteiger partial charge in [0, 0.05) is 49.5 Å². The number of halogens is 3. The maximum Gasteiger partial charge on any atom is 0.416 e. The van der Waals surface area contributed by atoms with E-state index in [-0.39, 0.29) is 40.8 Å². The lowest BCUT2D eigenvalue weighted by molar-refractivity contribution is -0.137. The number of allylic oxidation sites excluding steroid dienone is 1. The minimum atomic E-state index is -4.62. The Morgan fingerprint density at radius 1 is 1.29 bits per heavy atom. The Morgan fingerprint density at radius 3 is 2.63 bits per heavy atom. The number of carbonyl (C=O) groups is 2. The van der Waals surface area contributed by atoms with Crippen LogP contribution in [0.4, 0.5) is 18.9 Å². The van der Waals surface area contributed by atoms with Crippen molar-refractivity contribution in [2.75, 3.05) is 18.5 Å². The molecule has 1 aliphatic carbocycles. The van der Waals surface area contributed by atoms with Gasteiger partial charge >= 0.3 is 6.18 Å². The summed E-state index contributed by atoms with van der Waals surface area (Å²) < 4.78 is 40.6. The van der Waals surface area contributed by atoms with Crippen LogP contribution in [0, 0.1) is 35.0 Å². The Labute approximate surface area is 218 Å². The highest BCUT2D eigenvalue weighted by molar-refractivity contribution is 6.08. The van der Waals surface area contributed by atoms with E-state index in [0.717, 1.165) is 31.2 Å². The number of hydrogen-bond acceptors (Lipinski definition) is 6. The minimum absolute atomic E-state index is 0.0103. The molecule has 11 heteroatoms. The van der Waals surface area contributed by atoms with Gasteiger partial charge in [0.2, 0.25) is 5.91 Å². The number of nitrogens with one attached hydrogen (secondary N) is 3. The fourth-order valence-electron chi connectivity index (χ4n) is 4.82. The second-order valence-electron chi connectivity index (χ2n) is 9.55. The first-order valence-electron chi connectivity index (χ1n) is 12.1. The molecule has 1 saturated carbocycles. The number of alkyl halides is 3. The molecule has 0 spiro atoms. The first kappa shape index (κ1) is 26.9. The molecule has 2 aromatic rings. The van der Waals surface area contributed by atoms with Gasteiger partial charge in [0.15, 0.2) is 0 Å². The molecule has 0 unspecified atom stereocenters. The number of aryl methyl sites for hydroxylation is 1. The van der Waals surface area contributed by atoms with E-state index in [1.165, 1.54) is 23.2 Å². The fourth-order valence-corrected chi connectivity index (χ4v) is 4.82. The number of rotatable bonds is 8. The minimum Gasteiger partial charge on any atom is -0.393 e. The number of aromatic nitrogens is 1. The monoisotopic (exact) mass is 524 g/mol. The Morgan fingerprint density at radius 2 is 2.03 bits per heavy atom. The summed E-state index contributed by atoms with van der Waals surface area (Å²) in [5, 5.41) is 22.6. The molecule has 1 saturated heterocycles. The summed E-state index contributed by atoms with van der Waals surface area (Å²) in [5.41, 5.74) is -0.371. The van der Waals surface area contributed by atoms with E-state index in [2.05, 4.69) is 21.7 Å². The largest absolute Gasteiger partial charge is 0.416 e. The molecular formula is C27H27F3N6O2. The van der Waals surface area contributed by atoms with Crippen molar-refractivity contribution < 1.29 is 22.8 Å². The van der Waals surface area contributed by atoms with Gasteiger partial charge < -0.3 is 20.9 Å². The molecular weight excluding hydrogens is 497 g/mol. The molecule has 3 N–H and O–H groups in total. The normalized spacial score (nSPS) is 19.7. The average molecular weight is 525 g/mol. The second-order valence-corrected chi connectivity index (χ2v) is 9.55. The SMILES string of the molecule is CN/C=C(\C=N)c1cc(CNC(=O)c2cc(N3CC[C@@](C#N)(C4CC4)C3=O)cc(C)n2)cc(C(F)(F)F)c1. The van der Waals surface area contributed by atoms with Crippen LogP contribution in [0.15, 0.2) is 36.5 Å². The molecule has 8 nitrogen and oxygen atoms in total. The van der Waals surface area contributed by atoms with E-state index in [1.54, 1.807) is 20.0 Å². The van der Waals surface area contributed by atoms with Crippen LogP contribution in [0.5, 0.6) is 0 Å². The Bertz CT molecular complexity index is 1360. The van der Waals surface area contributed by atoms with Crippen LogP contribution in [-0.4, -0.2) is 36.6 Å². The lowest BCUT2D eigenvalue weighted by atomic mass is 9.83. The quantitative estimate of drug-likeness (QED) is 0.447. The predicted octanol–water partition coefficient (Wildman–Crippen LogP) is 4.21. The van der Waals surface area contributed by atoms with Crippen LogP contribution >= 0.6 is 0 Å². The molecule has 38 heavy (non-hydrogen) atoms. The molecule has 2 fully saturated rings. The molecule has 1 aromatic heterocycles. The Balaban J connectivity index is 1.56. The van der Waals surface area contributed by atoms with Crippen LogP contribution in [-0.2, 0) is 17.5 Å². The zero-order valence-electron chi connectivity index (χ0n) is 20.9. The van der Waals surface area contributed by atoms with Crippen molar-refractivity contribution in [2.45, 2.75) is 38.9 Å². The zero-order chi connectivity index (χ0) is 27.7. The number of anilines is 1. The number of hydrogen-bond donors (Lipinski definition) is 3. The number of nitriles is 1. The van der Waals surface area contributed by atoms with Crippen LogP contribution < -0.4 is 15.5 Å². The summed E-state index contributed by atoms with van der Waals surface area (Å²) in [6.07, 6.45) is -0.147. The summed E-state index contributed by atoms with van der Waals surface area (Å²) in [5.74, 6) is -0.830. The molecule has 2 amide bonds. The Hall–Kier alpha value is -4.20. The van der Waals surface area contributed by atoms with Gasteiger partial charge in [-0.15, -0.1) is 0 Å². The lowest BCUT2D eigenvalue weighted by Gasteiger charge is -2.21. The fraction of sp³-hybridized carbons (Fsp3) is 0.370. The molecule has 4 rings (SSSR count). The lowest BCUT2D eigenvalue weighted by Crippen LogP contribution is -2.35. The summed E-state index contributed by atoms with van der Waals surface area (Å²) in [6.45, 7) is 1.81. The van der Waals surface area contributed by atoms with E-state index in [0.29, 0.717) is 24.3 Å². The standard InChI is InChI=1S/C27H27F3N6O2/c1-16-7-22(36-6-5-26(15-32,25(36)38)20-3-4-20)11-23(35-16)24(37)34-13-17-8-18(19(12-31)14-33-2)10-21(9-17)27(28,29)30/h7-12,14,20,31,33H,3-6,13H2,1-2H3,(H,34,37)/b19-14+,31-12?/t26-/m1/s1.